The Bertz CT molecular complexity index is 1060. The van der Waals surface area contributed by atoms with Gasteiger partial charge in [-0.05, 0) is 56.6 Å². The number of fused-ring (bicyclic) bond motifs is 1. The van der Waals surface area contributed by atoms with Gasteiger partial charge in [-0.1, -0.05) is 0 Å². The molecule has 1 unspecified atom stereocenters. The van der Waals surface area contributed by atoms with Crippen LogP contribution in [0.5, 0.6) is 0 Å². The highest BCUT2D eigenvalue weighted by Gasteiger charge is 2.25. The van der Waals surface area contributed by atoms with Gasteiger partial charge in [-0.25, -0.2) is 0 Å². The van der Waals surface area contributed by atoms with Gasteiger partial charge in [-0.3, -0.25) is 0 Å². The summed E-state index contributed by atoms with van der Waals surface area (Å²) < 4.78 is 0. The number of aliphatic hydroxyl groups excluding tert-OH is 1. The Balaban J connectivity index is 1.47. The zero-order valence-electron chi connectivity index (χ0n) is 18.7. The van der Waals surface area contributed by atoms with Gasteiger partial charge in [0.2, 0.25) is 0 Å². The van der Waals surface area contributed by atoms with Gasteiger partial charge < -0.3 is 24.8 Å². The second-order valence-electron chi connectivity index (χ2n) is 9.20. The van der Waals surface area contributed by atoms with E-state index in [0.29, 0.717) is 5.92 Å². The van der Waals surface area contributed by atoms with E-state index < -0.39 is 0 Å². The number of likely N-dealkylation sites (N-methyl/N-ethyl adjacent to an activating group) is 1. The third kappa shape index (κ3) is 3.77. The van der Waals surface area contributed by atoms with Gasteiger partial charge in [-0.2, -0.15) is 0 Å². The van der Waals surface area contributed by atoms with Crippen molar-refractivity contribution in [3.05, 3.63) is 35.5 Å². The van der Waals surface area contributed by atoms with Crippen molar-refractivity contribution >= 4 is 22.4 Å². The fraction of sp³-hybridized carbons (Fsp3) is 0.500. The van der Waals surface area contributed by atoms with Crippen molar-refractivity contribution in [2.45, 2.75) is 20.3 Å². The van der Waals surface area contributed by atoms with Crippen molar-refractivity contribution < 1.29 is 5.11 Å². The maximum atomic E-state index is 9.51. The maximum Gasteiger partial charge on any atom is 0.162 e. The Morgan fingerprint density at radius 2 is 1.74 bits per heavy atom. The molecule has 2 N–H and O–H groups in total. The Kier molecular flexibility index (Phi) is 5.32. The molecular weight excluding hydrogens is 388 g/mol. The number of piperazine rings is 1. The second-order valence-corrected chi connectivity index (χ2v) is 9.20. The minimum Gasteiger partial charge on any atom is -0.396 e. The minimum atomic E-state index is 0.252. The van der Waals surface area contributed by atoms with E-state index in [4.69, 9.17) is 0 Å². The topological polar surface area (TPSA) is 71.5 Å². The Morgan fingerprint density at radius 3 is 2.42 bits per heavy atom. The number of anilines is 2. The van der Waals surface area contributed by atoms with E-state index >= 15 is 0 Å². The van der Waals surface area contributed by atoms with Crippen LogP contribution in [0.4, 0.5) is 11.4 Å². The van der Waals surface area contributed by atoms with Crippen LogP contribution in [0.25, 0.3) is 22.3 Å². The monoisotopic (exact) mass is 420 g/mol. The second kappa shape index (κ2) is 8.13. The lowest BCUT2D eigenvalue weighted by Crippen LogP contribution is -2.45. The summed E-state index contributed by atoms with van der Waals surface area (Å²) in [6.45, 7) is 10.9. The lowest BCUT2D eigenvalue weighted by atomic mass is 10.00. The molecule has 0 radical (unpaired) electrons. The molecule has 0 bridgehead atoms. The van der Waals surface area contributed by atoms with E-state index in [2.05, 4.69) is 69.0 Å². The van der Waals surface area contributed by atoms with Gasteiger partial charge >= 0.3 is 0 Å². The summed E-state index contributed by atoms with van der Waals surface area (Å²) in [5.74, 6) is 0.353. The van der Waals surface area contributed by atoms with Crippen LogP contribution in [-0.4, -0.2) is 78.1 Å². The van der Waals surface area contributed by atoms with Gasteiger partial charge in [-0.15, -0.1) is 10.2 Å². The predicted octanol–water partition coefficient (Wildman–Crippen LogP) is 2.81. The molecule has 0 saturated carbocycles. The highest BCUT2D eigenvalue weighted by atomic mass is 16.3. The molecule has 2 aromatic heterocycles. The van der Waals surface area contributed by atoms with Gasteiger partial charge in [0.15, 0.2) is 5.65 Å². The molecule has 1 atom stereocenters. The van der Waals surface area contributed by atoms with Gasteiger partial charge in [0, 0.05) is 74.6 Å². The van der Waals surface area contributed by atoms with Crippen LogP contribution in [0.1, 0.15) is 17.5 Å². The molecule has 31 heavy (non-hydrogen) atoms. The molecule has 3 aromatic rings. The van der Waals surface area contributed by atoms with Crippen LogP contribution in [0.3, 0.4) is 0 Å². The summed E-state index contributed by atoms with van der Waals surface area (Å²) in [5.41, 5.74) is 7.94. The van der Waals surface area contributed by atoms with Crippen LogP contribution in [0, 0.1) is 19.8 Å². The quantitative estimate of drug-likeness (QED) is 0.676. The van der Waals surface area contributed by atoms with E-state index in [1.165, 1.54) is 16.8 Å². The number of hydrogen-bond acceptors (Lipinski definition) is 6. The van der Waals surface area contributed by atoms with E-state index in [-0.39, 0.29) is 6.61 Å². The molecule has 4 heterocycles. The summed E-state index contributed by atoms with van der Waals surface area (Å²) in [4.78, 5) is 10.5. The maximum absolute atomic E-state index is 9.51. The molecule has 0 aliphatic carbocycles. The fourth-order valence-corrected chi connectivity index (χ4v) is 5.14. The molecule has 2 aliphatic rings. The Morgan fingerprint density at radius 1 is 1.00 bits per heavy atom. The average Bonchev–Trinajstić information content (AvgIpc) is 3.40. The third-order valence-electron chi connectivity index (χ3n) is 6.91. The molecule has 5 rings (SSSR count). The SMILES string of the molecule is Cc1cc(-c2cc3c(N4CCC(CO)C4)c[nH]c3nn2)cc(C)c1N1CCN(C)CC1. The predicted molar refractivity (Wildman–Crippen MR) is 126 cm³/mol. The van der Waals surface area contributed by atoms with E-state index in [0.717, 1.165) is 73.7 Å². The first-order chi connectivity index (χ1) is 15.0. The molecule has 2 fully saturated rings. The standard InChI is InChI=1S/C24H32N6O/c1-16-10-19(11-17(2)23(16)29-8-6-28(3)7-9-29)21-12-20-22(13-25-24(20)27-26-21)30-5-4-18(14-30)15-31/h10-13,18,31H,4-9,14-15H2,1-3H3,(H,25,27). The number of rotatable bonds is 4. The number of H-pyrrole nitrogens is 1. The number of aryl methyl sites for hydroxylation is 2. The number of benzene rings is 1. The van der Waals surface area contributed by atoms with Crippen molar-refractivity contribution in [2.24, 2.45) is 5.92 Å². The molecule has 7 heteroatoms. The van der Waals surface area contributed by atoms with Gasteiger partial charge in [0.05, 0.1) is 11.4 Å². The summed E-state index contributed by atoms with van der Waals surface area (Å²) in [6.07, 6.45) is 3.05. The van der Waals surface area contributed by atoms with E-state index in [9.17, 15) is 5.11 Å². The molecule has 7 nitrogen and oxygen atoms in total. The van der Waals surface area contributed by atoms with Crippen molar-refractivity contribution in [2.75, 3.05) is 62.7 Å². The number of aromatic nitrogens is 3. The van der Waals surface area contributed by atoms with Crippen molar-refractivity contribution in [3.8, 4) is 11.3 Å². The highest BCUT2D eigenvalue weighted by molar-refractivity contribution is 5.92. The number of aliphatic hydroxyl groups is 1. The molecule has 164 valence electrons. The summed E-state index contributed by atoms with van der Waals surface area (Å²) in [5, 5.41) is 19.6. The molecule has 0 spiro atoms. The average molecular weight is 421 g/mol. The molecule has 0 amide bonds. The number of nitrogens with zero attached hydrogens (tertiary/aromatic N) is 5. The zero-order chi connectivity index (χ0) is 21.5. The van der Waals surface area contributed by atoms with Crippen molar-refractivity contribution in [1.82, 2.24) is 20.1 Å². The normalized spacial score (nSPS) is 20.2. The lowest BCUT2D eigenvalue weighted by Gasteiger charge is -2.36. The minimum absolute atomic E-state index is 0.252. The highest BCUT2D eigenvalue weighted by Crippen LogP contribution is 2.34. The van der Waals surface area contributed by atoms with E-state index in [1.54, 1.807) is 0 Å². The third-order valence-corrected chi connectivity index (χ3v) is 6.91. The van der Waals surface area contributed by atoms with Crippen LogP contribution in [0.2, 0.25) is 0 Å². The molecule has 2 aliphatic heterocycles. The lowest BCUT2D eigenvalue weighted by molar-refractivity contribution is 0.238. The summed E-state index contributed by atoms with van der Waals surface area (Å²) in [6, 6.07) is 6.66. The van der Waals surface area contributed by atoms with Crippen LogP contribution < -0.4 is 9.80 Å². The number of hydrogen-bond donors (Lipinski definition) is 2. The molecule has 1 aromatic carbocycles. The molecular formula is C24H32N6O. The number of aromatic amines is 1. The first-order valence-electron chi connectivity index (χ1n) is 11.3. The first-order valence-corrected chi connectivity index (χ1v) is 11.3. The van der Waals surface area contributed by atoms with Crippen molar-refractivity contribution in [3.63, 3.8) is 0 Å². The van der Waals surface area contributed by atoms with Crippen molar-refractivity contribution in [1.29, 1.82) is 0 Å². The van der Waals surface area contributed by atoms with Gasteiger partial charge in [0.25, 0.3) is 0 Å². The zero-order valence-corrected chi connectivity index (χ0v) is 18.7. The van der Waals surface area contributed by atoms with E-state index in [1.807, 2.05) is 6.20 Å². The summed E-state index contributed by atoms with van der Waals surface area (Å²) in [7, 11) is 2.19. The van der Waals surface area contributed by atoms with Crippen LogP contribution >= 0.6 is 0 Å². The fourth-order valence-electron chi connectivity index (χ4n) is 5.14. The smallest absolute Gasteiger partial charge is 0.162 e. The Labute approximate surface area is 183 Å². The summed E-state index contributed by atoms with van der Waals surface area (Å²) >= 11 is 0. The Hall–Kier alpha value is -2.64. The first kappa shape index (κ1) is 20.3. The van der Waals surface area contributed by atoms with Gasteiger partial charge in [0.1, 0.15) is 0 Å². The van der Waals surface area contributed by atoms with Crippen LogP contribution in [0.15, 0.2) is 24.4 Å². The largest absolute Gasteiger partial charge is 0.396 e. The van der Waals surface area contributed by atoms with Crippen LogP contribution in [-0.2, 0) is 0 Å². The molecule has 2 saturated heterocycles. The number of nitrogens with one attached hydrogen (secondary N) is 1.